The van der Waals surface area contributed by atoms with Gasteiger partial charge in [-0.05, 0) is 57.0 Å². The Balaban J connectivity index is 1.27. The number of fused-ring (bicyclic) bond motifs is 1. The van der Waals surface area contributed by atoms with E-state index in [1.54, 1.807) is 17.4 Å². The van der Waals surface area contributed by atoms with Crippen molar-refractivity contribution >= 4 is 27.4 Å². The number of aromatic nitrogens is 2. The number of hydrogen-bond acceptors (Lipinski definition) is 4. The minimum atomic E-state index is -0.165. The molecule has 1 aliphatic rings. The molecule has 0 radical (unpaired) electrons. The zero-order chi connectivity index (χ0) is 18.1. The van der Waals surface area contributed by atoms with Crippen LogP contribution in [0.3, 0.4) is 0 Å². The van der Waals surface area contributed by atoms with E-state index < -0.39 is 0 Å². The second-order valence-corrected chi connectivity index (χ2v) is 8.26. The minimum Gasteiger partial charge on any atom is -0.361 e. The normalized spacial score (nSPS) is 15.9. The van der Waals surface area contributed by atoms with Crippen molar-refractivity contribution in [3.63, 3.8) is 0 Å². The van der Waals surface area contributed by atoms with E-state index in [2.05, 4.69) is 33.6 Å². The largest absolute Gasteiger partial charge is 0.361 e. The average molecular weight is 373 g/mol. The molecule has 26 heavy (non-hydrogen) atoms. The van der Waals surface area contributed by atoms with Crippen LogP contribution in [0.5, 0.6) is 0 Å². The number of thiazole rings is 1. The second kappa shape index (κ2) is 7.37. The predicted molar refractivity (Wildman–Crippen MR) is 107 cm³/mol. The van der Waals surface area contributed by atoms with Crippen molar-refractivity contribution in [2.24, 2.45) is 0 Å². The molecule has 138 valence electrons. The summed E-state index contributed by atoms with van der Waals surface area (Å²) in [6.45, 7) is 9.58. The summed E-state index contributed by atoms with van der Waals surface area (Å²) in [6, 6.07) is 4.96. The highest BCUT2D eigenvalue weighted by atomic mass is 32.1. The minimum absolute atomic E-state index is 0.165. The molecule has 6 heteroatoms. The molecular formula is C20H25FN4S. The van der Waals surface area contributed by atoms with Crippen LogP contribution >= 0.6 is 11.3 Å². The van der Waals surface area contributed by atoms with E-state index in [4.69, 9.17) is 0 Å². The quantitative estimate of drug-likeness (QED) is 0.731. The van der Waals surface area contributed by atoms with Gasteiger partial charge in [-0.2, -0.15) is 0 Å². The van der Waals surface area contributed by atoms with Gasteiger partial charge in [0.05, 0.1) is 5.69 Å². The number of aromatic amines is 1. The molecule has 4 nitrogen and oxygen atoms in total. The van der Waals surface area contributed by atoms with Crippen LogP contribution in [-0.2, 0) is 6.42 Å². The van der Waals surface area contributed by atoms with Crippen molar-refractivity contribution < 1.29 is 4.39 Å². The topological polar surface area (TPSA) is 35.2 Å². The Kier molecular flexibility index (Phi) is 4.96. The maximum atomic E-state index is 13.5. The Labute approximate surface area is 157 Å². The van der Waals surface area contributed by atoms with Gasteiger partial charge in [0.2, 0.25) is 0 Å². The zero-order valence-corrected chi connectivity index (χ0v) is 16.2. The second-order valence-electron chi connectivity index (χ2n) is 7.07. The fourth-order valence-corrected chi connectivity index (χ4v) is 4.57. The monoisotopic (exact) mass is 372 g/mol. The molecule has 1 fully saturated rings. The summed E-state index contributed by atoms with van der Waals surface area (Å²) >= 11 is 1.80. The van der Waals surface area contributed by atoms with E-state index in [-0.39, 0.29) is 5.82 Å². The number of aryl methyl sites for hydroxylation is 3. The van der Waals surface area contributed by atoms with Gasteiger partial charge in [-0.3, -0.25) is 4.90 Å². The number of piperazine rings is 1. The summed E-state index contributed by atoms with van der Waals surface area (Å²) in [7, 11) is 0. The number of halogens is 1. The van der Waals surface area contributed by atoms with Crippen LogP contribution in [0.1, 0.15) is 22.6 Å². The summed E-state index contributed by atoms with van der Waals surface area (Å²) < 4.78 is 13.5. The van der Waals surface area contributed by atoms with Crippen LogP contribution in [0, 0.1) is 19.7 Å². The molecule has 0 bridgehead atoms. The van der Waals surface area contributed by atoms with Gasteiger partial charge < -0.3 is 9.88 Å². The van der Waals surface area contributed by atoms with E-state index in [1.807, 2.05) is 12.3 Å². The van der Waals surface area contributed by atoms with Gasteiger partial charge in [0.15, 0.2) is 5.13 Å². The molecule has 4 rings (SSSR count). The third-order valence-corrected chi connectivity index (χ3v) is 6.44. The maximum absolute atomic E-state index is 13.5. The molecule has 0 atom stereocenters. The van der Waals surface area contributed by atoms with Gasteiger partial charge in [-0.1, -0.05) is 0 Å². The number of hydrogen-bond donors (Lipinski definition) is 1. The molecule has 1 aromatic carbocycles. The van der Waals surface area contributed by atoms with Crippen LogP contribution in [0.25, 0.3) is 10.9 Å². The Hall–Kier alpha value is -1.92. The highest BCUT2D eigenvalue weighted by Crippen LogP contribution is 2.26. The SMILES string of the molecule is Cc1nc(N2CCN(CCCc3c[nH]c4ccc(F)cc34)CC2)sc1C. The van der Waals surface area contributed by atoms with Crippen LogP contribution < -0.4 is 4.90 Å². The molecule has 0 amide bonds. The lowest BCUT2D eigenvalue weighted by Crippen LogP contribution is -2.46. The highest BCUT2D eigenvalue weighted by molar-refractivity contribution is 7.15. The van der Waals surface area contributed by atoms with E-state index in [0.29, 0.717) is 0 Å². The number of nitrogens with one attached hydrogen (secondary N) is 1. The smallest absolute Gasteiger partial charge is 0.185 e. The Morgan fingerprint density at radius 3 is 2.73 bits per heavy atom. The first kappa shape index (κ1) is 17.5. The van der Waals surface area contributed by atoms with Gasteiger partial charge in [0.1, 0.15) is 5.82 Å². The Morgan fingerprint density at radius 1 is 1.19 bits per heavy atom. The molecule has 0 spiro atoms. The van der Waals surface area contributed by atoms with Crippen LogP contribution in [-0.4, -0.2) is 47.6 Å². The molecule has 1 N–H and O–H groups in total. The van der Waals surface area contributed by atoms with Crippen LogP contribution in [0.4, 0.5) is 9.52 Å². The van der Waals surface area contributed by atoms with Gasteiger partial charge in [0.25, 0.3) is 0 Å². The highest BCUT2D eigenvalue weighted by Gasteiger charge is 2.19. The first-order chi connectivity index (χ1) is 12.6. The van der Waals surface area contributed by atoms with Crippen molar-refractivity contribution in [2.75, 3.05) is 37.6 Å². The van der Waals surface area contributed by atoms with Crippen molar-refractivity contribution in [1.29, 1.82) is 0 Å². The lowest BCUT2D eigenvalue weighted by atomic mass is 10.1. The third-order valence-electron chi connectivity index (χ3n) is 5.31. The van der Waals surface area contributed by atoms with Crippen LogP contribution in [0.15, 0.2) is 24.4 Å². The fourth-order valence-electron chi connectivity index (χ4n) is 3.60. The summed E-state index contributed by atoms with van der Waals surface area (Å²) in [4.78, 5) is 14.2. The van der Waals surface area contributed by atoms with Gasteiger partial charge in [0, 0.05) is 48.2 Å². The van der Waals surface area contributed by atoms with Crippen LogP contribution in [0.2, 0.25) is 0 Å². The van der Waals surface area contributed by atoms with E-state index in [0.717, 1.165) is 62.2 Å². The van der Waals surface area contributed by atoms with E-state index >= 15 is 0 Å². The number of anilines is 1. The summed E-state index contributed by atoms with van der Waals surface area (Å²) in [5, 5.41) is 2.18. The van der Waals surface area contributed by atoms with Crippen molar-refractivity contribution in [3.05, 3.63) is 46.3 Å². The van der Waals surface area contributed by atoms with Gasteiger partial charge >= 0.3 is 0 Å². The molecule has 0 saturated carbocycles. The lowest BCUT2D eigenvalue weighted by molar-refractivity contribution is 0.255. The Bertz CT molecular complexity index is 873. The molecule has 2 aromatic heterocycles. The summed E-state index contributed by atoms with van der Waals surface area (Å²) in [6.07, 6.45) is 4.10. The molecule has 3 aromatic rings. The van der Waals surface area contributed by atoms with Crippen molar-refractivity contribution in [3.8, 4) is 0 Å². The first-order valence-electron chi connectivity index (χ1n) is 9.27. The average Bonchev–Trinajstić information content (AvgIpc) is 3.19. The van der Waals surface area contributed by atoms with Gasteiger partial charge in [-0.25, -0.2) is 9.37 Å². The zero-order valence-electron chi connectivity index (χ0n) is 15.4. The van der Waals surface area contributed by atoms with E-state index in [9.17, 15) is 4.39 Å². The molecule has 1 aliphatic heterocycles. The number of rotatable bonds is 5. The predicted octanol–water partition coefficient (Wildman–Crippen LogP) is 4.14. The summed E-state index contributed by atoms with van der Waals surface area (Å²) in [5.74, 6) is -0.165. The fraction of sp³-hybridized carbons (Fsp3) is 0.450. The van der Waals surface area contributed by atoms with Gasteiger partial charge in [-0.15, -0.1) is 11.3 Å². The molecule has 3 heterocycles. The molecular weight excluding hydrogens is 347 g/mol. The van der Waals surface area contributed by atoms with Crippen molar-refractivity contribution in [1.82, 2.24) is 14.9 Å². The summed E-state index contributed by atoms with van der Waals surface area (Å²) in [5.41, 5.74) is 3.39. The third kappa shape index (κ3) is 3.62. The van der Waals surface area contributed by atoms with Crippen molar-refractivity contribution in [2.45, 2.75) is 26.7 Å². The number of H-pyrrole nitrogens is 1. The standard InChI is InChI=1S/C20H25FN4S/c1-14-15(2)26-20(23-14)25-10-8-24(9-11-25)7-3-4-16-13-22-19-6-5-17(21)12-18(16)19/h5-6,12-13,22H,3-4,7-11H2,1-2H3. The molecule has 0 aliphatic carbocycles. The first-order valence-corrected chi connectivity index (χ1v) is 10.1. The number of nitrogens with zero attached hydrogens (tertiary/aromatic N) is 3. The number of benzene rings is 1. The van der Waals surface area contributed by atoms with E-state index in [1.165, 1.54) is 21.6 Å². The molecule has 1 saturated heterocycles. The lowest BCUT2D eigenvalue weighted by Gasteiger charge is -2.34. The Morgan fingerprint density at radius 2 is 2.00 bits per heavy atom. The maximum Gasteiger partial charge on any atom is 0.185 e. The molecule has 0 unspecified atom stereocenters.